The lowest BCUT2D eigenvalue weighted by Crippen LogP contribution is -2.48. The lowest BCUT2D eigenvalue weighted by molar-refractivity contribution is -0.384. The summed E-state index contributed by atoms with van der Waals surface area (Å²) >= 11 is 0. The molecule has 0 aromatic heterocycles. The number of nitro groups is 1. The van der Waals surface area contributed by atoms with Crippen LogP contribution in [0.4, 0.5) is 11.4 Å². The third kappa shape index (κ3) is 6.31. The van der Waals surface area contributed by atoms with Gasteiger partial charge in [-0.25, -0.2) is 0 Å². The summed E-state index contributed by atoms with van der Waals surface area (Å²) in [5, 5.41) is 26.8. The highest BCUT2D eigenvalue weighted by Crippen LogP contribution is 2.29. The lowest BCUT2D eigenvalue weighted by Gasteiger charge is -2.35. The van der Waals surface area contributed by atoms with Crippen molar-refractivity contribution in [1.29, 1.82) is 5.26 Å². The smallest absolute Gasteiger partial charge is 0.269 e. The minimum atomic E-state index is -0.904. The van der Waals surface area contributed by atoms with Gasteiger partial charge in [-0.15, -0.1) is 0 Å². The summed E-state index contributed by atoms with van der Waals surface area (Å²) in [5.41, 5.74) is 0.717. The Morgan fingerprint density at radius 1 is 1.13 bits per heavy atom. The summed E-state index contributed by atoms with van der Waals surface area (Å²) in [7, 11) is 0. The van der Waals surface area contributed by atoms with Crippen molar-refractivity contribution in [3.05, 3.63) is 69.8 Å². The molecule has 30 heavy (non-hydrogen) atoms. The molecule has 7 heteroatoms. The third-order valence-electron chi connectivity index (χ3n) is 4.46. The molecule has 2 aromatic rings. The summed E-state index contributed by atoms with van der Waals surface area (Å²) in [5.74, 6) is -0.322. The predicted molar refractivity (Wildman–Crippen MR) is 117 cm³/mol. The van der Waals surface area contributed by atoms with E-state index in [1.54, 1.807) is 36.4 Å². The van der Waals surface area contributed by atoms with E-state index in [1.807, 2.05) is 13.8 Å². The number of non-ortho nitro benzene ring substituents is 1. The molecular formula is C23H28N4O3. The Morgan fingerprint density at radius 3 is 2.40 bits per heavy atom. The molecular weight excluding hydrogens is 380 g/mol. The van der Waals surface area contributed by atoms with Crippen LogP contribution in [0.3, 0.4) is 0 Å². The second-order valence-electron chi connectivity index (χ2n) is 9.20. The maximum absolute atomic E-state index is 13.3. The molecule has 0 spiro atoms. The highest BCUT2D eigenvalue weighted by Gasteiger charge is 2.31. The average Bonchev–Trinajstić information content (AvgIpc) is 2.63. The average molecular weight is 409 g/mol. The van der Waals surface area contributed by atoms with Gasteiger partial charge >= 0.3 is 0 Å². The first kappa shape index (κ1) is 22.9. The number of nitriles is 1. The van der Waals surface area contributed by atoms with Gasteiger partial charge in [0.1, 0.15) is 12.1 Å². The van der Waals surface area contributed by atoms with Crippen LogP contribution < -0.4 is 10.6 Å². The van der Waals surface area contributed by atoms with Crippen molar-refractivity contribution in [2.75, 3.05) is 5.32 Å². The zero-order valence-corrected chi connectivity index (χ0v) is 18.0. The highest BCUT2D eigenvalue weighted by atomic mass is 16.6. The van der Waals surface area contributed by atoms with Crippen molar-refractivity contribution in [3.63, 3.8) is 0 Å². The molecule has 0 aliphatic rings. The molecule has 2 rings (SSSR count). The van der Waals surface area contributed by atoms with Crippen LogP contribution in [-0.4, -0.2) is 16.4 Å². The van der Waals surface area contributed by atoms with Crippen LogP contribution >= 0.6 is 0 Å². The number of carbonyl (C=O) groups excluding carboxylic acids is 1. The fraction of sp³-hybridized carbons (Fsp3) is 0.391. The monoisotopic (exact) mass is 408 g/mol. The number of anilines is 1. The van der Waals surface area contributed by atoms with Gasteiger partial charge in [-0.05, 0) is 43.4 Å². The molecule has 0 bridgehead atoms. The highest BCUT2D eigenvalue weighted by molar-refractivity contribution is 5.87. The van der Waals surface area contributed by atoms with E-state index < -0.39 is 16.5 Å². The number of nitrogens with zero attached hydrogens (tertiary/aromatic N) is 2. The van der Waals surface area contributed by atoms with E-state index in [0.29, 0.717) is 16.8 Å². The standard InChI is InChI=1S/C23H28N4O3/c1-22(2,3)15-23(4,5)26-21(28)20(16-10-8-11-18(13-16)27(29)30)25-19-12-7-6-9-17(19)14-24/h6-13,20,25H,15H2,1-5H3,(H,26,28). The van der Waals surface area contributed by atoms with Gasteiger partial charge in [0.05, 0.1) is 16.2 Å². The van der Waals surface area contributed by atoms with Gasteiger partial charge in [0.2, 0.25) is 5.91 Å². The Kier molecular flexibility index (Phi) is 6.83. The Hall–Kier alpha value is -3.40. The van der Waals surface area contributed by atoms with Gasteiger partial charge in [-0.2, -0.15) is 5.26 Å². The number of para-hydroxylation sites is 1. The topological polar surface area (TPSA) is 108 Å². The van der Waals surface area contributed by atoms with Crippen molar-refractivity contribution >= 4 is 17.3 Å². The summed E-state index contributed by atoms with van der Waals surface area (Å²) in [6.07, 6.45) is 0.738. The number of hydrogen-bond donors (Lipinski definition) is 2. The first-order valence-corrected chi connectivity index (χ1v) is 9.74. The molecule has 0 saturated heterocycles. The van der Waals surface area contributed by atoms with E-state index in [2.05, 4.69) is 37.5 Å². The maximum Gasteiger partial charge on any atom is 0.269 e. The first-order chi connectivity index (χ1) is 13.9. The van der Waals surface area contributed by atoms with Crippen LogP contribution in [0.2, 0.25) is 0 Å². The van der Waals surface area contributed by atoms with Gasteiger partial charge in [0, 0.05) is 17.7 Å². The van der Waals surface area contributed by atoms with Crippen LogP contribution in [0.25, 0.3) is 0 Å². The van der Waals surface area contributed by atoms with E-state index in [9.17, 15) is 20.2 Å². The number of hydrogen-bond acceptors (Lipinski definition) is 5. The SMILES string of the molecule is CC(C)(C)CC(C)(C)NC(=O)C(Nc1ccccc1C#N)c1cccc([N+](=O)[O-])c1. The predicted octanol–water partition coefficient (Wildman–Crippen LogP) is 4.95. The van der Waals surface area contributed by atoms with E-state index in [0.717, 1.165) is 6.42 Å². The van der Waals surface area contributed by atoms with Gasteiger partial charge in [0.25, 0.3) is 5.69 Å². The number of benzene rings is 2. The van der Waals surface area contributed by atoms with Gasteiger partial charge in [-0.1, -0.05) is 45.0 Å². The molecule has 1 amide bonds. The fourth-order valence-corrected chi connectivity index (χ4v) is 3.76. The first-order valence-electron chi connectivity index (χ1n) is 9.74. The minimum absolute atomic E-state index is 0.00134. The van der Waals surface area contributed by atoms with Crippen LogP contribution in [0.1, 0.15) is 58.2 Å². The van der Waals surface area contributed by atoms with Crippen molar-refractivity contribution in [2.24, 2.45) is 5.41 Å². The summed E-state index contributed by atoms with van der Waals surface area (Å²) in [6, 6.07) is 14.0. The molecule has 1 unspecified atom stereocenters. The van der Waals surface area contributed by atoms with Gasteiger partial charge in [-0.3, -0.25) is 14.9 Å². The summed E-state index contributed by atoms with van der Waals surface area (Å²) < 4.78 is 0. The van der Waals surface area contributed by atoms with Crippen LogP contribution in [0, 0.1) is 26.9 Å². The zero-order valence-electron chi connectivity index (χ0n) is 18.0. The van der Waals surface area contributed by atoms with Crippen LogP contribution in [-0.2, 0) is 4.79 Å². The number of rotatable bonds is 7. The van der Waals surface area contributed by atoms with Crippen LogP contribution in [0.5, 0.6) is 0 Å². The second kappa shape index (κ2) is 8.95. The van der Waals surface area contributed by atoms with Crippen molar-refractivity contribution < 1.29 is 9.72 Å². The van der Waals surface area contributed by atoms with Crippen molar-refractivity contribution in [2.45, 2.75) is 52.6 Å². The van der Waals surface area contributed by atoms with E-state index >= 15 is 0 Å². The molecule has 0 aliphatic heterocycles. The molecule has 2 aromatic carbocycles. The molecule has 0 aliphatic carbocycles. The Morgan fingerprint density at radius 2 is 1.80 bits per heavy atom. The Balaban J connectivity index is 2.43. The van der Waals surface area contributed by atoms with Crippen LogP contribution in [0.15, 0.2) is 48.5 Å². The molecule has 158 valence electrons. The quantitative estimate of drug-likeness (QED) is 0.498. The number of amides is 1. The number of nitro benzene ring substituents is 1. The van der Waals surface area contributed by atoms with Gasteiger partial charge < -0.3 is 10.6 Å². The second-order valence-corrected chi connectivity index (χ2v) is 9.20. The Bertz CT molecular complexity index is 971. The van der Waals surface area contributed by atoms with E-state index in [1.165, 1.54) is 12.1 Å². The fourth-order valence-electron chi connectivity index (χ4n) is 3.76. The number of carbonyl (C=O) groups is 1. The molecule has 0 radical (unpaired) electrons. The molecule has 7 nitrogen and oxygen atoms in total. The minimum Gasteiger partial charge on any atom is -0.369 e. The molecule has 0 heterocycles. The van der Waals surface area contributed by atoms with Crippen molar-refractivity contribution in [1.82, 2.24) is 5.32 Å². The molecule has 0 fully saturated rings. The zero-order chi connectivity index (χ0) is 22.5. The van der Waals surface area contributed by atoms with Gasteiger partial charge in [0.15, 0.2) is 0 Å². The lowest BCUT2D eigenvalue weighted by atomic mass is 9.81. The normalized spacial score (nSPS) is 12.5. The van der Waals surface area contributed by atoms with E-state index in [-0.39, 0.29) is 17.0 Å². The van der Waals surface area contributed by atoms with Crippen molar-refractivity contribution in [3.8, 4) is 6.07 Å². The number of nitrogens with one attached hydrogen (secondary N) is 2. The van der Waals surface area contributed by atoms with E-state index in [4.69, 9.17) is 0 Å². The summed E-state index contributed by atoms with van der Waals surface area (Å²) in [6.45, 7) is 10.2. The molecule has 0 saturated carbocycles. The molecule has 1 atom stereocenters. The Labute approximate surface area is 177 Å². The summed E-state index contributed by atoms with van der Waals surface area (Å²) in [4.78, 5) is 24.0. The third-order valence-corrected chi connectivity index (χ3v) is 4.46. The maximum atomic E-state index is 13.3. The molecule has 2 N–H and O–H groups in total. The largest absolute Gasteiger partial charge is 0.369 e.